The summed E-state index contributed by atoms with van der Waals surface area (Å²) >= 11 is 0. The van der Waals surface area contributed by atoms with Gasteiger partial charge in [0, 0.05) is 58.5 Å². The molecule has 0 aromatic rings. The van der Waals surface area contributed by atoms with E-state index in [9.17, 15) is 39.3 Å². The number of carbonyl (C=O) groups excluding carboxylic acids is 5. The standard InChI is InChI=1S/C51H83NO13/c1-30-16-12-11-13-17-31(2)42(61-8)28-38-21-19-36(7)51(60,65-38)48(57)49(58)52-23-15-14-18-39(52)50(59)64-43(33(4)26-37-20-22-40(53)44(27-37)62-9)29-41(54)32(3)25-35(6)46(56)47(63-10)45(55)34(5)24-30/h11,13,25,30-34,36-40,42-44,46-47,53,56,60H,12,14-24,26-29H2,1-10H3/b13-11+,35-25-/t30-,31?,32-,33-,34-,36-,37-,38+,39+,40-,42+,43+,44-,46-,47+,51-/m1/s1. The van der Waals surface area contributed by atoms with Gasteiger partial charge in [-0.2, -0.15) is 0 Å². The maximum atomic E-state index is 14.4. The third-order valence-corrected chi connectivity index (χ3v) is 15.2. The molecule has 2 bridgehead atoms. The van der Waals surface area contributed by atoms with Crippen molar-refractivity contribution in [2.75, 3.05) is 27.9 Å². The molecular weight excluding hydrogens is 835 g/mol. The van der Waals surface area contributed by atoms with Gasteiger partial charge >= 0.3 is 5.97 Å². The number of aliphatic hydroxyl groups excluding tert-OH is 2. The Hall–Kier alpha value is -2.85. The Labute approximate surface area is 388 Å². The zero-order valence-corrected chi connectivity index (χ0v) is 41.1. The van der Waals surface area contributed by atoms with Crippen LogP contribution in [0, 0.1) is 41.4 Å². The monoisotopic (exact) mass is 918 g/mol. The molecule has 16 atom stereocenters. The molecule has 3 heterocycles. The van der Waals surface area contributed by atoms with Crippen LogP contribution in [0.25, 0.3) is 0 Å². The van der Waals surface area contributed by atoms with Crippen LogP contribution in [0.3, 0.4) is 0 Å². The lowest BCUT2D eigenvalue weighted by molar-refractivity contribution is -0.267. The molecular formula is C51H83NO13. The molecule has 0 spiro atoms. The summed E-state index contributed by atoms with van der Waals surface area (Å²) in [6, 6.07) is -1.13. The number of allylic oxidation sites excluding steroid dienone is 3. The highest BCUT2D eigenvalue weighted by atomic mass is 16.6. The Morgan fingerprint density at radius 1 is 0.846 bits per heavy atom. The van der Waals surface area contributed by atoms with Crippen molar-refractivity contribution in [2.45, 2.75) is 199 Å². The van der Waals surface area contributed by atoms with Crippen molar-refractivity contribution >= 4 is 29.2 Å². The number of amides is 1. The van der Waals surface area contributed by atoms with Crippen molar-refractivity contribution in [3.63, 3.8) is 0 Å². The van der Waals surface area contributed by atoms with Crippen molar-refractivity contribution in [3.05, 3.63) is 23.8 Å². The number of aliphatic hydroxyl groups is 3. The average Bonchev–Trinajstić information content (AvgIpc) is 3.28. The van der Waals surface area contributed by atoms with E-state index in [1.807, 2.05) is 13.8 Å². The number of methoxy groups -OCH3 is 3. The molecule has 65 heavy (non-hydrogen) atoms. The fraction of sp³-hybridized carbons (Fsp3) is 0.824. The number of Topliss-reactive ketones (excluding diaryl/α,β-unsaturated/α-hetero) is 3. The first-order valence-electron chi connectivity index (χ1n) is 24.6. The molecule has 4 rings (SSSR count). The van der Waals surface area contributed by atoms with Crippen molar-refractivity contribution in [1.29, 1.82) is 0 Å². The molecule has 0 aromatic heterocycles. The largest absolute Gasteiger partial charge is 0.460 e. The van der Waals surface area contributed by atoms with E-state index in [-0.39, 0.29) is 72.8 Å². The molecule has 3 aliphatic heterocycles. The van der Waals surface area contributed by atoms with Gasteiger partial charge in [-0.15, -0.1) is 0 Å². The van der Waals surface area contributed by atoms with Gasteiger partial charge in [0.2, 0.25) is 5.79 Å². The normalized spacial score (nSPS) is 40.6. The second kappa shape index (κ2) is 25.5. The van der Waals surface area contributed by atoms with Crippen LogP contribution < -0.4 is 0 Å². The number of carbonyl (C=O) groups is 5. The van der Waals surface area contributed by atoms with Gasteiger partial charge in [0.15, 0.2) is 5.78 Å². The maximum absolute atomic E-state index is 14.4. The van der Waals surface area contributed by atoms with E-state index in [0.29, 0.717) is 63.4 Å². The van der Waals surface area contributed by atoms with E-state index in [0.717, 1.165) is 25.7 Å². The smallest absolute Gasteiger partial charge is 0.329 e. The van der Waals surface area contributed by atoms with Crippen molar-refractivity contribution in [3.8, 4) is 0 Å². The molecule has 1 saturated carbocycles. The summed E-state index contributed by atoms with van der Waals surface area (Å²) in [6.45, 7) is 13.1. The third kappa shape index (κ3) is 14.6. The quantitative estimate of drug-likeness (QED) is 0.149. The van der Waals surface area contributed by atoms with Gasteiger partial charge in [-0.05, 0) is 120 Å². The highest BCUT2D eigenvalue weighted by Gasteiger charge is 2.53. The van der Waals surface area contributed by atoms with Crippen molar-refractivity contribution < 1.29 is 63.0 Å². The van der Waals surface area contributed by atoms with E-state index in [1.165, 1.54) is 12.0 Å². The number of hydrogen-bond acceptors (Lipinski definition) is 13. The first kappa shape index (κ1) is 54.8. The van der Waals surface area contributed by atoms with Crippen LogP contribution >= 0.6 is 0 Å². The lowest BCUT2D eigenvalue weighted by atomic mass is 9.78. The Balaban J connectivity index is 1.67. The predicted molar refractivity (Wildman–Crippen MR) is 245 cm³/mol. The number of piperidine rings is 1. The van der Waals surface area contributed by atoms with Crippen LogP contribution in [0.1, 0.15) is 145 Å². The number of ketones is 3. The maximum Gasteiger partial charge on any atom is 0.329 e. The van der Waals surface area contributed by atoms with E-state index in [1.54, 1.807) is 41.1 Å². The van der Waals surface area contributed by atoms with Crippen molar-refractivity contribution in [1.82, 2.24) is 4.90 Å². The topological polar surface area (TPSA) is 195 Å². The number of nitrogens with zero attached hydrogens (tertiary/aromatic N) is 1. The summed E-state index contributed by atoms with van der Waals surface area (Å²) in [6.07, 6.45) is 8.91. The minimum Gasteiger partial charge on any atom is -0.460 e. The molecule has 14 heteroatoms. The Morgan fingerprint density at radius 3 is 2.23 bits per heavy atom. The number of hydrogen-bond donors (Lipinski definition) is 3. The van der Waals surface area contributed by atoms with Gasteiger partial charge in [-0.1, -0.05) is 59.8 Å². The fourth-order valence-electron chi connectivity index (χ4n) is 10.6. The Kier molecular flexibility index (Phi) is 21.5. The minimum absolute atomic E-state index is 0.0772. The van der Waals surface area contributed by atoms with Crippen LogP contribution in [0.15, 0.2) is 23.8 Å². The van der Waals surface area contributed by atoms with Crippen molar-refractivity contribution in [2.24, 2.45) is 41.4 Å². The number of cyclic esters (lactones) is 1. The summed E-state index contributed by atoms with van der Waals surface area (Å²) in [5, 5.41) is 33.9. The van der Waals surface area contributed by atoms with Crippen LogP contribution in [0.4, 0.5) is 0 Å². The number of fused-ring (bicyclic) bond motifs is 3. The number of esters is 1. The van der Waals surface area contributed by atoms with Gasteiger partial charge in [-0.25, -0.2) is 4.79 Å². The SMILES string of the molecule is CO[C@H]1C[C@@H]2CC[C@@H](C)[C@@](O)(O2)C(=O)C(=O)N2CCCC[C@H]2C(=O)O[C@H]([C@H](C)C[C@H]2CC[C@@H](O)[C@H](OC)C2)CC(=O)[C@H](C)/C=C(/C)[C@@H](O)[C@@H](OC)C(=O)[C@H](C)C[C@H](C)CC/C=C/CC1C. The van der Waals surface area contributed by atoms with Crippen LogP contribution in [-0.2, 0) is 47.7 Å². The lowest BCUT2D eigenvalue weighted by Crippen LogP contribution is -2.61. The summed E-state index contributed by atoms with van der Waals surface area (Å²) in [7, 11) is 4.60. The second-order valence-electron chi connectivity index (χ2n) is 20.3. The van der Waals surface area contributed by atoms with Crippen LogP contribution in [0.5, 0.6) is 0 Å². The molecule has 3 fully saturated rings. The first-order chi connectivity index (χ1) is 30.7. The van der Waals surface area contributed by atoms with E-state index < -0.39 is 71.8 Å². The fourth-order valence-corrected chi connectivity index (χ4v) is 10.6. The molecule has 1 amide bonds. The van der Waals surface area contributed by atoms with Gasteiger partial charge in [-0.3, -0.25) is 19.2 Å². The summed E-state index contributed by atoms with van der Waals surface area (Å²) in [5.41, 5.74) is 0.406. The molecule has 4 aliphatic rings. The number of rotatable bonds is 6. The van der Waals surface area contributed by atoms with Crippen LogP contribution in [0.2, 0.25) is 0 Å². The van der Waals surface area contributed by atoms with Gasteiger partial charge in [0.25, 0.3) is 11.7 Å². The van der Waals surface area contributed by atoms with Crippen LogP contribution in [-0.4, -0.2) is 132 Å². The number of ether oxygens (including phenoxy) is 5. The predicted octanol–water partition coefficient (Wildman–Crippen LogP) is 6.48. The molecule has 1 aliphatic carbocycles. The van der Waals surface area contributed by atoms with E-state index in [4.69, 9.17) is 23.7 Å². The molecule has 0 radical (unpaired) electrons. The molecule has 14 nitrogen and oxygen atoms in total. The average molecular weight is 918 g/mol. The van der Waals surface area contributed by atoms with Gasteiger partial charge < -0.3 is 43.9 Å². The Bertz CT molecular complexity index is 1650. The summed E-state index contributed by atoms with van der Waals surface area (Å²) in [5.74, 6) is -7.43. The first-order valence-corrected chi connectivity index (χ1v) is 24.6. The van der Waals surface area contributed by atoms with E-state index >= 15 is 0 Å². The van der Waals surface area contributed by atoms with Gasteiger partial charge in [0.1, 0.15) is 30.1 Å². The highest BCUT2D eigenvalue weighted by Crippen LogP contribution is 2.38. The second-order valence-corrected chi connectivity index (χ2v) is 20.3. The van der Waals surface area contributed by atoms with E-state index in [2.05, 4.69) is 26.0 Å². The zero-order valence-electron chi connectivity index (χ0n) is 41.1. The highest BCUT2D eigenvalue weighted by molar-refractivity contribution is 6.39. The summed E-state index contributed by atoms with van der Waals surface area (Å²) in [4.78, 5) is 71.9. The molecule has 0 aromatic carbocycles. The molecule has 3 N–H and O–H groups in total. The zero-order chi connectivity index (χ0) is 48.2. The lowest BCUT2D eigenvalue weighted by Gasteiger charge is -2.43. The molecule has 1 unspecified atom stereocenters. The third-order valence-electron chi connectivity index (χ3n) is 15.2. The van der Waals surface area contributed by atoms with Gasteiger partial charge in [0.05, 0.1) is 24.4 Å². The minimum atomic E-state index is -2.40. The Morgan fingerprint density at radius 2 is 1.55 bits per heavy atom. The summed E-state index contributed by atoms with van der Waals surface area (Å²) < 4.78 is 29.5. The molecule has 2 saturated heterocycles. The molecule has 370 valence electrons.